The van der Waals surface area contributed by atoms with Gasteiger partial charge in [0.05, 0.1) is 0 Å². The van der Waals surface area contributed by atoms with Gasteiger partial charge in [0, 0.05) is 18.8 Å². The maximum Gasteiger partial charge on any atom is 0.219 e. The van der Waals surface area contributed by atoms with Gasteiger partial charge in [-0.15, -0.1) is 0 Å². The number of benzene rings is 2. The van der Waals surface area contributed by atoms with Crippen molar-refractivity contribution in [2.75, 3.05) is 0 Å². The van der Waals surface area contributed by atoms with Crippen molar-refractivity contribution < 1.29 is 4.74 Å². The summed E-state index contributed by atoms with van der Waals surface area (Å²) in [6.07, 6.45) is 1.71. The molecule has 0 radical (unpaired) electrons. The minimum atomic E-state index is 0.567. The average Bonchev–Trinajstić information content (AvgIpc) is 2.57. The molecule has 104 valence electrons. The second-order valence-electron chi connectivity index (χ2n) is 4.70. The largest absolute Gasteiger partial charge is 0.439 e. The van der Waals surface area contributed by atoms with Gasteiger partial charge in [-0.2, -0.15) is 0 Å². The van der Waals surface area contributed by atoms with Gasteiger partial charge in [0.25, 0.3) is 0 Å². The van der Waals surface area contributed by atoms with Crippen molar-refractivity contribution in [2.45, 2.75) is 6.54 Å². The SMILES string of the molecule is NCc1ccc(-c2ccc(Oc3ccccn3)cc2)cc1. The third-order valence-electron chi connectivity index (χ3n) is 3.24. The Balaban J connectivity index is 1.77. The molecule has 0 bridgehead atoms. The van der Waals surface area contributed by atoms with Crippen LogP contribution in [0.15, 0.2) is 72.9 Å². The minimum absolute atomic E-state index is 0.567. The van der Waals surface area contributed by atoms with Crippen LogP contribution in [0.25, 0.3) is 11.1 Å². The number of nitrogens with zero attached hydrogens (tertiary/aromatic N) is 1. The lowest BCUT2D eigenvalue weighted by atomic mass is 10.0. The van der Waals surface area contributed by atoms with E-state index in [1.165, 1.54) is 0 Å². The van der Waals surface area contributed by atoms with E-state index in [0.717, 1.165) is 22.4 Å². The van der Waals surface area contributed by atoms with Crippen LogP contribution in [0.4, 0.5) is 0 Å². The first kappa shape index (κ1) is 13.3. The van der Waals surface area contributed by atoms with Gasteiger partial charge in [0.2, 0.25) is 5.88 Å². The van der Waals surface area contributed by atoms with Crippen molar-refractivity contribution >= 4 is 0 Å². The Hall–Kier alpha value is -2.65. The molecule has 0 spiro atoms. The van der Waals surface area contributed by atoms with Crippen molar-refractivity contribution in [3.05, 3.63) is 78.5 Å². The molecule has 1 aromatic heterocycles. The highest BCUT2D eigenvalue weighted by Gasteiger charge is 2.00. The molecule has 3 nitrogen and oxygen atoms in total. The predicted molar refractivity (Wildman–Crippen MR) is 84.1 cm³/mol. The molecular formula is C18H16N2O. The lowest BCUT2D eigenvalue weighted by molar-refractivity contribution is 0.463. The van der Waals surface area contributed by atoms with Crippen LogP contribution in [0.5, 0.6) is 11.6 Å². The topological polar surface area (TPSA) is 48.1 Å². The molecule has 0 atom stereocenters. The first-order valence-corrected chi connectivity index (χ1v) is 6.83. The molecule has 0 fully saturated rings. The average molecular weight is 276 g/mol. The molecule has 3 rings (SSSR count). The molecular weight excluding hydrogens is 260 g/mol. The van der Waals surface area contributed by atoms with Gasteiger partial charge in [-0.25, -0.2) is 4.98 Å². The molecule has 0 saturated heterocycles. The first-order chi connectivity index (χ1) is 10.3. The molecule has 0 saturated carbocycles. The number of rotatable bonds is 4. The quantitative estimate of drug-likeness (QED) is 0.783. The Morgan fingerprint density at radius 1 is 0.810 bits per heavy atom. The van der Waals surface area contributed by atoms with E-state index in [2.05, 4.69) is 17.1 Å². The number of hydrogen-bond acceptors (Lipinski definition) is 3. The normalized spacial score (nSPS) is 10.3. The highest BCUT2D eigenvalue weighted by Crippen LogP contribution is 2.25. The summed E-state index contributed by atoms with van der Waals surface area (Å²) in [6.45, 7) is 0.567. The standard InChI is InChI=1S/C18H16N2O/c19-13-14-4-6-15(7-5-14)16-8-10-17(11-9-16)21-18-3-1-2-12-20-18/h1-12H,13,19H2. The third-order valence-corrected chi connectivity index (χ3v) is 3.24. The van der Waals surface area contributed by atoms with Crippen LogP contribution in [-0.4, -0.2) is 4.98 Å². The van der Waals surface area contributed by atoms with Gasteiger partial charge in [-0.1, -0.05) is 42.5 Å². The van der Waals surface area contributed by atoms with Crippen molar-refractivity contribution in [3.8, 4) is 22.8 Å². The molecule has 1 heterocycles. The number of hydrogen-bond donors (Lipinski definition) is 1. The van der Waals surface area contributed by atoms with E-state index < -0.39 is 0 Å². The summed E-state index contributed by atoms with van der Waals surface area (Å²) >= 11 is 0. The monoisotopic (exact) mass is 276 g/mol. The van der Waals surface area contributed by atoms with Crippen LogP contribution < -0.4 is 10.5 Å². The Bertz CT molecular complexity index is 692. The second kappa shape index (κ2) is 6.20. The number of nitrogens with two attached hydrogens (primary N) is 1. The maximum atomic E-state index is 5.68. The third kappa shape index (κ3) is 3.27. The van der Waals surface area contributed by atoms with E-state index in [1.54, 1.807) is 6.20 Å². The lowest BCUT2D eigenvalue weighted by Crippen LogP contribution is -1.95. The van der Waals surface area contributed by atoms with Crippen molar-refractivity contribution in [3.63, 3.8) is 0 Å². The fourth-order valence-electron chi connectivity index (χ4n) is 2.08. The Morgan fingerprint density at radius 2 is 1.48 bits per heavy atom. The zero-order chi connectivity index (χ0) is 14.5. The summed E-state index contributed by atoms with van der Waals surface area (Å²) in [6, 6.07) is 21.8. The highest BCUT2D eigenvalue weighted by atomic mass is 16.5. The van der Waals surface area contributed by atoms with Gasteiger partial charge in [-0.3, -0.25) is 0 Å². The summed E-state index contributed by atoms with van der Waals surface area (Å²) in [4.78, 5) is 4.14. The fourth-order valence-corrected chi connectivity index (χ4v) is 2.08. The van der Waals surface area contributed by atoms with E-state index in [1.807, 2.05) is 54.6 Å². The van der Waals surface area contributed by atoms with Crippen LogP contribution in [0, 0.1) is 0 Å². The van der Waals surface area contributed by atoms with E-state index in [0.29, 0.717) is 12.4 Å². The summed E-state index contributed by atoms with van der Waals surface area (Å²) in [7, 11) is 0. The fraction of sp³-hybridized carbons (Fsp3) is 0.0556. The summed E-state index contributed by atoms with van der Waals surface area (Å²) in [5.74, 6) is 1.37. The van der Waals surface area contributed by atoms with E-state index in [9.17, 15) is 0 Å². The van der Waals surface area contributed by atoms with Crippen LogP contribution in [0.1, 0.15) is 5.56 Å². The van der Waals surface area contributed by atoms with Crippen molar-refractivity contribution in [1.82, 2.24) is 4.98 Å². The highest BCUT2D eigenvalue weighted by molar-refractivity contribution is 5.64. The molecule has 2 N–H and O–H groups in total. The lowest BCUT2D eigenvalue weighted by Gasteiger charge is -2.06. The van der Waals surface area contributed by atoms with Crippen molar-refractivity contribution in [1.29, 1.82) is 0 Å². The Morgan fingerprint density at radius 3 is 2.05 bits per heavy atom. The maximum absolute atomic E-state index is 5.68. The zero-order valence-corrected chi connectivity index (χ0v) is 11.6. The number of ether oxygens (including phenoxy) is 1. The van der Waals surface area contributed by atoms with Crippen LogP contribution >= 0.6 is 0 Å². The van der Waals surface area contributed by atoms with Crippen LogP contribution in [0.3, 0.4) is 0 Å². The molecule has 3 heteroatoms. The zero-order valence-electron chi connectivity index (χ0n) is 11.6. The Kier molecular flexibility index (Phi) is 3.94. The summed E-state index contributed by atoms with van der Waals surface area (Å²) < 4.78 is 5.68. The van der Waals surface area contributed by atoms with Gasteiger partial charge < -0.3 is 10.5 Å². The van der Waals surface area contributed by atoms with Crippen molar-refractivity contribution in [2.24, 2.45) is 5.73 Å². The van der Waals surface area contributed by atoms with Gasteiger partial charge in [-0.05, 0) is 34.9 Å². The number of aromatic nitrogens is 1. The number of pyridine rings is 1. The van der Waals surface area contributed by atoms with E-state index >= 15 is 0 Å². The van der Waals surface area contributed by atoms with Gasteiger partial charge in [0.15, 0.2) is 0 Å². The summed E-state index contributed by atoms with van der Waals surface area (Å²) in [5.41, 5.74) is 9.05. The molecule has 0 amide bonds. The van der Waals surface area contributed by atoms with E-state index in [4.69, 9.17) is 10.5 Å². The first-order valence-electron chi connectivity index (χ1n) is 6.83. The second-order valence-corrected chi connectivity index (χ2v) is 4.70. The van der Waals surface area contributed by atoms with Crippen LogP contribution in [-0.2, 0) is 6.54 Å². The molecule has 3 aromatic rings. The summed E-state index contributed by atoms with van der Waals surface area (Å²) in [5, 5.41) is 0. The van der Waals surface area contributed by atoms with E-state index in [-0.39, 0.29) is 0 Å². The molecule has 21 heavy (non-hydrogen) atoms. The molecule has 0 aliphatic heterocycles. The van der Waals surface area contributed by atoms with Crippen LogP contribution in [0.2, 0.25) is 0 Å². The predicted octanol–water partition coefficient (Wildman–Crippen LogP) is 4.00. The van der Waals surface area contributed by atoms with Gasteiger partial charge in [0.1, 0.15) is 5.75 Å². The molecule has 0 aliphatic rings. The minimum Gasteiger partial charge on any atom is -0.439 e. The van der Waals surface area contributed by atoms with Gasteiger partial charge >= 0.3 is 0 Å². The molecule has 0 unspecified atom stereocenters. The Labute approximate surface area is 124 Å². The molecule has 2 aromatic carbocycles. The smallest absolute Gasteiger partial charge is 0.219 e. The molecule has 0 aliphatic carbocycles.